The van der Waals surface area contributed by atoms with Crippen molar-refractivity contribution in [2.75, 3.05) is 23.9 Å². The summed E-state index contributed by atoms with van der Waals surface area (Å²) in [6.45, 7) is 1.39. The van der Waals surface area contributed by atoms with E-state index in [1.54, 1.807) is 18.2 Å². The summed E-state index contributed by atoms with van der Waals surface area (Å²) in [4.78, 5) is 34.7. The molecule has 0 saturated carbocycles. The summed E-state index contributed by atoms with van der Waals surface area (Å²) in [6, 6.07) is 3.45. The second kappa shape index (κ2) is 10.0. The Morgan fingerprint density at radius 3 is 2.67 bits per heavy atom. The van der Waals surface area contributed by atoms with E-state index in [1.807, 2.05) is 13.2 Å². The highest BCUT2D eigenvalue weighted by atomic mass is 35.5. The number of aryl methyl sites for hydroxylation is 1. The first-order valence-corrected chi connectivity index (χ1v) is 8.88. The molecule has 24 heavy (non-hydrogen) atoms. The Hall–Kier alpha value is -1.93. The van der Waals surface area contributed by atoms with Crippen molar-refractivity contribution in [2.45, 2.75) is 19.4 Å². The van der Waals surface area contributed by atoms with E-state index >= 15 is 0 Å². The van der Waals surface area contributed by atoms with Crippen molar-refractivity contribution >= 4 is 47.0 Å². The molecule has 0 unspecified atom stereocenters. The number of thioether (sulfide) groups is 1. The van der Waals surface area contributed by atoms with Gasteiger partial charge in [-0.3, -0.25) is 4.79 Å². The predicted molar refractivity (Wildman–Crippen MR) is 95.3 cm³/mol. The first kappa shape index (κ1) is 20.1. The number of hydrogen-bond acceptors (Lipinski definition) is 5. The largest absolute Gasteiger partial charge is 0.454 e. The van der Waals surface area contributed by atoms with Crippen molar-refractivity contribution < 1.29 is 19.1 Å². The molecule has 0 aliphatic heterocycles. The van der Waals surface area contributed by atoms with Crippen LogP contribution in [0.25, 0.3) is 0 Å². The van der Waals surface area contributed by atoms with Gasteiger partial charge in [-0.15, -0.1) is 0 Å². The summed E-state index contributed by atoms with van der Waals surface area (Å²) >= 11 is 7.52. The van der Waals surface area contributed by atoms with Crippen molar-refractivity contribution in [3.63, 3.8) is 0 Å². The number of primary amides is 1. The molecule has 0 aliphatic rings. The second-order valence-electron chi connectivity index (χ2n) is 4.98. The minimum Gasteiger partial charge on any atom is -0.454 e. The van der Waals surface area contributed by atoms with Gasteiger partial charge in [-0.1, -0.05) is 17.7 Å². The molecule has 1 aromatic rings. The van der Waals surface area contributed by atoms with E-state index in [1.165, 1.54) is 11.8 Å². The van der Waals surface area contributed by atoms with Crippen LogP contribution in [0.2, 0.25) is 5.02 Å². The number of amides is 3. The van der Waals surface area contributed by atoms with Gasteiger partial charge in [-0.05, 0) is 43.0 Å². The number of hydrogen-bond donors (Lipinski definition) is 3. The lowest BCUT2D eigenvalue weighted by molar-refractivity contribution is -0.149. The molecule has 1 rings (SSSR count). The topological polar surface area (TPSA) is 111 Å². The van der Waals surface area contributed by atoms with E-state index < -0.39 is 30.6 Å². The molecular weight excluding hydrogens is 354 g/mol. The third kappa shape index (κ3) is 7.10. The van der Waals surface area contributed by atoms with Gasteiger partial charge in [0.15, 0.2) is 6.61 Å². The molecule has 9 heteroatoms. The average molecular weight is 374 g/mol. The molecule has 0 aliphatic carbocycles. The lowest BCUT2D eigenvalue weighted by Crippen LogP contribution is -2.45. The van der Waals surface area contributed by atoms with Gasteiger partial charge in [-0.2, -0.15) is 11.8 Å². The fourth-order valence-corrected chi connectivity index (χ4v) is 2.56. The summed E-state index contributed by atoms with van der Waals surface area (Å²) in [7, 11) is 0. The Kier molecular flexibility index (Phi) is 8.42. The minimum absolute atomic E-state index is 0.356. The summed E-state index contributed by atoms with van der Waals surface area (Å²) in [6.07, 6.45) is 2.22. The molecule has 132 valence electrons. The fraction of sp³-hybridized carbons (Fsp3) is 0.400. The Morgan fingerprint density at radius 1 is 1.38 bits per heavy atom. The van der Waals surface area contributed by atoms with Gasteiger partial charge in [0.2, 0.25) is 0 Å². The van der Waals surface area contributed by atoms with E-state index in [-0.39, 0.29) is 0 Å². The predicted octanol–water partition coefficient (Wildman–Crippen LogP) is 1.92. The van der Waals surface area contributed by atoms with Gasteiger partial charge >= 0.3 is 12.0 Å². The first-order valence-electron chi connectivity index (χ1n) is 7.11. The van der Waals surface area contributed by atoms with Gasteiger partial charge in [0.05, 0.1) is 10.7 Å². The van der Waals surface area contributed by atoms with Crippen molar-refractivity contribution in [3.8, 4) is 0 Å². The van der Waals surface area contributed by atoms with Crippen LogP contribution in [0.5, 0.6) is 0 Å². The lowest BCUT2D eigenvalue weighted by atomic mass is 10.2. The third-order valence-electron chi connectivity index (χ3n) is 2.96. The van der Waals surface area contributed by atoms with Crippen molar-refractivity contribution in [2.24, 2.45) is 5.73 Å². The highest BCUT2D eigenvalue weighted by Crippen LogP contribution is 2.22. The number of benzene rings is 1. The van der Waals surface area contributed by atoms with Crippen LogP contribution in [0.1, 0.15) is 12.0 Å². The number of anilines is 1. The van der Waals surface area contributed by atoms with E-state index in [0.717, 1.165) is 5.56 Å². The quantitative estimate of drug-likeness (QED) is 0.603. The van der Waals surface area contributed by atoms with E-state index in [4.69, 9.17) is 22.1 Å². The zero-order chi connectivity index (χ0) is 18.1. The Bertz CT molecular complexity index is 612. The van der Waals surface area contributed by atoms with E-state index in [0.29, 0.717) is 22.9 Å². The van der Waals surface area contributed by atoms with Crippen LogP contribution in [0.4, 0.5) is 10.5 Å². The minimum atomic E-state index is -0.884. The van der Waals surface area contributed by atoms with Gasteiger partial charge in [0, 0.05) is 0 Å². The van der Waals surface area contributed by atoms with Crippen LogP contribution in [0.3, 0.4) is 0 Å². The Morgan fingerprint density at radius 2 is 2.08 bits per heavy atom. The zero-order valence-electron chi connectivity index (χ0n) is 13.4. The summed E-state index contributed by atoms with van der Waals surface area (Å²) in [5.41, 5.74) is 6.42. The van der Waals surface area contributed by atoms with Gasteiger partial charge < -0.3 is 21.1 Å². The number of nitrogens with one attached hydrogen (secondary N) is 2. The molecule has 0 bridgehead atoms. The smallest absolute Gasteiger partial charge is 0.329 e. The zero-order valence-corrected chi connectivity index (χ0v) is 15.0. The molecule has 0 spiro atoms. The van der Waals surface area contributed by atoms with Crippen LogP contribution < -0.4 is 16.4 Å². The van der Waals surface area contributed by atoms with Gasteiger partial charge in [-0.25, -0.2) is 9.59 Å². The highest BCUT2D eigenvalue weighted by molar-refractivity contribution is 7.98. The number of carbonyl (C=O) groups excluding carboxylic acids is 3. The lowest BCUT2D eigenvalue weighted by Gasteiger charge is -2.16. The number of esters is 1. The van der Waals surface area contributed by atoms with Crippen molar-refractivity contribution in [1.29, 1.82) is 0 Å². The second-order valence-corrected chi connectivity index (χ2v) is 6.37. The Labute approximate surface area is 149 Å². The summed E-state index contributed by atoms with van der Waals surface area (Å²) in [5, 5.41) is 5.24. The Balaban J connectivity index is 2.54. The van der Waals surface area contributed by atoms with Crippen LogP contribution in [-0.2, 0) is 14.3 Å². The number of urea groups is 1. The highest BCUT2D eigenvalue weighted by Gasteiger charge is 2.22. The van der Waals surface area contributed by atoms with Crippen LogP contribution in [0.15, 0.2) is 18.2 Å². The monoisotopic (exact) mass is 373 g/mol. The molecule has 3 amide bonds. The van der Waals surface area contributed by atoms with Crippen LogP contribution in [0, 0.1) is 6.92 Å². The molecule has 0 heterocycles. The average Bonchev–Trinajstić information content (AvgIpc) is 2.51. The van der Waals surface area contributed by atoms with Crippen LogP contribution in [-0.4, -0.2) is 42.6 Å². The van der Waals surface area contributed by atoms with Crippen LogP contribution >= 0.6 is 23.4 Å². The molecule has 4 N–H and O–H groups in total. The van der Waals surface area contributed by atoms with Crippen molar-refractivity contribution in [1.82, 2.24) is 5.32 Å². The normalized spacial score (nSPS) is 11.5. The fourth-order valence-electron chi connectivity index (χ4n) is 1.80. The standard InChI is InChI=1S/C15H20ClN3O4S/c1-9-3-4-11(10(16)7-9)18-13(20)8-23-14(21)12(5-6-24-2)19-15(17)22/h3-4,7,12H,5-6,8H2,1-2H3,(H,18,20)(H3,17,19,22)/t12-/m1/s1. The molecule has 0 fully saturated rings. The van der Waals surface area contributed by atoms with Crippen molar-refractivity contribution in [3.05, 3.63) is 28.8 Å². The van der Waals surface area contributed by atoms with Gasteiger partial charge in [0.25, 0.3) is 5.91 Å². The SMILES string of the molecule is CSCC[C@@H](NC(N)=O)C(=O)OCC(=O)Nc1ccc(C)cc1Cl. The number of ether oxygens (including phenoxy) is 1. The maximum atomic E-state index is 11.9. The van der Waals surface area contributed by atoms with E-state index in [9.17, 15) is 14.4 Å². The number of halogens is 1. The molecule has 1 atom stereocenters. The maximum Gasteiger partial charge on any atom is 0.329 e. The maximum absolute atomic E-state index is 11.9. The first-order chi connectivity index (χ1) is 11.3. The molecule has 0 radical (unpaired) electrons. The third-order valence-corrected chi connectivity index (χ3v) is 3.91. The summed E-state index contributed by atoms with van der Waals surface area (Å²) < 4.78 is 4.93. The van der Waals surface area contributed by atoms with Gasteiger partial charge in [0.1, 0.15) is 6.04 Å². The van der Waals surface area contributed by atoms with E-state index in [2.05, 4.69) is 10.6 Å². The molecule has 0 aromatic heterocycles. The summed E-state index contributed by atoms with van der Waals surface area (Å²) in [5.74, 6) is -0.615. The number of carbonyl (C=O) groups is 3. The molecule has 7 nitrogen and oxygen atoms in total. The number of nitrogens with two attached hydrogens (primary N) is 1. The molecule has 1 aromatic carbocycles. The molecular formula is C15H20ClN3O4S. The number of rotatable bonds is 8. The molecule has 0 saturated heterocycles.